The normalized spacial score (nSPS) is 12.8. The van der Waals surface area contributed by atoms with Gasteiger partial charge in [-0.05, 0) is 32.2 Å². The van der Waals surface area contributed by atoms with Crippen molar-refractivity contribution in [3.8, 4) is 0 Å². The minimum absolute atomic E-state index is 0.725. The smallest absolute Gasteiger partial charge is 0.0945 e. The molecule has 0 amide bonds. The Morgan fingerprint density at radius 2 is 2.12 bits per heavy atom. The van der Waals surface area contributed by atoms with Crippen LogP contribution in [0.25, 0.3) is 0 Å². The molecule has 0 fully saturated rings. The summed E-state index contributed by atoms with van der Waals surface area (Å²) < 4.78 is 2.15. The van der Waals surface area contributed by atoms with Gasteiger partial charge in [0.25, 0.3) is 0 Å². The van der Waals surface area contributed by atoms with E-state index >= 15 is 0 Å². The highest BCUT2D eigenvalue weighted by molar-refractivity contribution is 4.73. The second-order valence-corrected chi connectivity index (χ2v) is 4.71. The molecule has 1 rings (SSSR count). The minimum Gasteiger partial charge on any atom is -0.337 e. The highest BCUT2D eigenvalue weighted by Crippen LogP contribution is 2.04. The first-order valence-electron chi connectivity index (χ1n) is 7.06. The summed E-state index contributed by atoms with van der Waals surface area (Å²) in [6.07, 6.45) is 13.5. The van der Waals surface area contributed by atoms with Crippen molar-refractivity contribution in [1.82, 2.24) is 14.9 Å². The minimum atomic E-state index is 0.725. The molecule has 1 heterocycles. The van der Waals surface area contributed by atoms with Crippen LogP contribution >= 0.6 is 0 Å². The van der Waals surface area contributed by atoms with Crippen LogP contribution in [0.5, 0.6) is 0 Å². The number of aryl methyl sites for hydroxylation is 1. The second-order valence-electron chi connectivity index (χ2n) is 4.71. The molecule has 1 aromatic heterocycles. The first kappa shape index (κ1) is 14.2. The van der Waals surface area contributed by atoms with Crippen molar-refractivity contribution in [2.75, 3.05) is 6.54 Å². The van der Waals surface area contributed by atoms with Crippen LogP contribution in [0, 0.1) is 0 Å². The molecule has 0 spiro atoms. The number of unbranched alkanes of at least 4 members (excludes halogenated alkanes) is 2. The maximum atomic E-state index is 4.04. The Morgan fingerprint density at radius 1 is 1.24 bits per heavy atom. The lowest BCUT2D eigenvalue weighted by atomic mass is 10.1. The summed E-state index contributed by atoms with van der Waals surface area (Å²) in [5, 5.41) is 3.66. The van der Waals surface area contributed by atoms with E-state index in [1.165, 1.54) is 38.5 Å². The molecule has 0 aliphatic heterocycles. The monoisotopic (exact) mass is 237 g/mol. The van der Waals surface area contributed by atoms with E-state index in [-0.39, 0.29) is 0 Å². The summed E-state index contributed by atoms with van der Waals surface area (Å²) >= 11 is 0. The van der Waals surface area contributed by atoms with Crippen molar-refractivity contribution in [2.24, 2.45) is 0 Å². The molecule has 0 radical (unpaired) electrons. The van der Waals surface area contributed by atoms with Gasteiger partial charge in [-0.3, -0.25) is 0 Å². The standard InChI is InChI=1S/C14H27N3/c1-3-5-8-14(4-2)16-9-6-7-11-17-12-10-15-13-17/h10,12-14,16H,3-9,11H2,1-2H3. The van der Waals surface area contributed by atoms with Crippen molar-refractivity contribution < 1.29 is 0 Å². The number of aromatic nitrogens is 2. The predicted octanol–water partition coefficient (Wildman–Crippen LogP) is 3.22. The lowest BCUT2D eigenvalue weighted by Crippen LogP contribution is -2.29. The molecule has 3 nitrogen and oxygen atoms in total. The van der Waals surface area contributed by atoms with Crippen molar-refractivity contribution in [2.45, 2.75) is 65.0 Å². The van der Waals surface area contributed by atoms with Crippen LogP contribution in [0.4, 0.5) is 0 Å². The Bertz CT molecular complexity index is 256. The van der Waals surface area contributed by atoms with Gasteiger partial charge in [0.05, 0.1) is 6.33 Å². The van der Waals surface area contributed by atoms with Crippen molar-refractivity contribution in [3.63, 3.8) is 0 Å². The zero-order valence-corrected chi connectivity index (χ0v) is 11.4. The lowest BCUT2D eigenvalue weighted by Gasteiger charge is -2.16. The molecule has 17 heavy (non-hydrogen) atoms. The molecule has 0 saturated carbocycles. The third kappa shape index (κ3) is 6.47. The molecular weight excluding hydrogens is 210 g/mol. The zero-order valence-electron chi connectivity index (χ0n) is 11.4. The molecule has 0 aliphatic rings. The van der Waals surface area contributed by atoms with Gasteiger partial charge in [-0.1, -0.05) is 26.7 Å². The van der Waals surface area contributed by atoms with Gasteiger partial charge in [-0.15, -0.1) is 0 Å². The van der Waals surface area contributed by atoms with Crippen LogP contribution in [0.1, 0.15) is 52.4 Å². The average molecular weight is 237 g/mol. The number of hydrogen-bond donors (Lipinski definition) is 1. The molecule has 1 aromatic rings. The lowest BCUT2D eigenvalue weighted by molar-refractivity contribution is 0.440. The molecular formula is C14H27N3. The molecule has 0 aromatic carbocycles. The van der Waals surface area contributed by atoms with Crippen LogP contribution in [0.3, 0.4) is 0 Å². The molecule has 0 aliphatic carbocycles. The summed E-state index contributed by atoms with van der Waals surface area (Å²) in [7, 11) is 0. The summed E-state index contributed by atoms with van der Waals surface area (Å²) in [5.41, 5.74) is 0. The summed E-state index contributed by atoms with van der Waals surface area (Å²) in [4.78, 5) is 4.04. The van der Waals surface area contributed by atoms with E-state index in [2.05, 4.69) is 28.7 Å². The van der Waals surface area contributed by atoms with E-state index in [0.717, 1.165) is 19.1 Å². The molecule has 98 valence electrons. The third-order valence-corrected chi connectivity index (χ3v) is 3.23. The van der Waals surface area contributed by atoms with Crippen LogP contribution in [0.15, 0.2) is 18.7 Å². The molecule has 1 atom stereocenters. The molecule has 3 heteroatoms. The van der Waals surface area contributed by atoms with E-state index in [1.54, 1.807) is 0 Å². The number of hydrogen-bond acceptors (Lipinski definition) is 2. The largest absolute Gasteiger partial charge is 0.337 e. The van der Waals surface area contributed by atoms with E-state index in [0.29, 0.717) is 0 Å². The molecule has 1 unspecified atom stereocenters. The summed E-state index contributed by atoms with van der Waals surface area (Å²) in [6.45, 7) is 6.78. The van der Waals surface area contributed by atoms with Gasteiger partial charge in [-0.25, -0.2) is 4.98 Å². The van der Waals surface area contributed by atoms with Crippen LogP contribution in [-0.4, -0.2) is 22.1 Å². The van der Waals surface area contributed by atoms with E-state index in [1.807, 2.05) is 18.7 Å². The van der Waals surface area contributed by atoms with E-state index < -0.39 is 0 Å². The van der Waals surface area contributed by atoms with Gasteiger partial charge >= 0.3 is 0 Å². The summed E-state index contributed by atoms with van der Waals surface area (Å²) in [6, 6.07) is 0.725. The predicted molar refractivity (Wildman–Crippen MR) is 73.1 cm³/mol. The molecule has 0 saturated heterocycles. The number of rotatable bonds is 10. The highest BCUT2D eigenvalue weighted by atomic mass is 15.0. The topological polar surface area (TPSA) is 29.9 Å². The SMILES string of the molecule is CCCCC(CC)NCCCCn1ccnc1. The van der Waals surface area contributed by atoms with Crippen LogP contribution in [0.2, 0.25) is 0 Å². The zero-order chi connectivity index (χ0) is 12.3. The number of nitrogens with one attached hydrogen (secondary N) is 1. The number of nitrogens with zero attached hydrogens (tertiary/aromatic N) is 2. The molecule has 0 bridgehead atoms. The van der Waals surface area contributed by atoms with Gasteiger partial charge in [0, 0.05) is 25.0 Å². The fourth-order valence-corrected chi connectivity index (χ4v) is 2.05. The first-order valence-corrected chi connectivity index (χ1v) is 7.06. The third-order valence-electron chi connectivity index (χ3n) is 3.23. The van der Waals surface area contributed by atoms with Gasteiger partial charge in [0.1, 0.15) is 0 Å². The quantitative estimate of drug-likeness (QED) is 0.633. The average Bonchev–Trinajstić information content (AvgIpc) is 2.85. The summed E-state index contributed by atoms with van der Waals surface area (Å²) in [5.74, 6) is 0. The van der Waals surface area contributed by atoms with Gasteiger partial charge in [0.15, 0.2) is 0 Å². The van der Waals surface area contributed by atoms with Crippen molar-refractivity contribution >= 4 is 0 Å². The maximum Gasteiger partial charge on any atom is 0.0945 e. The van der Waals surface area contributed by atoms with Crippen LogP contribution < -0.4 is 5.32 Å². The Morgan fingerprint density at radius 3 is 2.76 bits per heavy atom. The fourth-order valence-electron chi connectivity index (χ4n) is 2.05. The van der Waals surface area contributed by atoms with E-state index in [9.17, 15) is 0 Å². The van der Waals surface area contributed by atoms with Crippen LogP contribution in [-0.2, 0) is 6.54 Å². The second kappa shape index (κ2) is 9.23. The Hall–Kier alpha value is -0.830. The Labute approximate surface area is 106 Å². The van der Waals surface area contributed by atoms with Crippen molar-refractivity contribution in [3.05, 3.63) is 18.7 Å². The van der Waals surface area contributed by atoms with Gasteiger partial charge < -0.3 is 9.88 Å². The van der Waals surface area contributed by atoms with Gasteiger partial charge in [0.2, 0.25) is 0 Å². The Kier molecular flexibility index (Phi) is 7.72. The van der Waals surface area contributed by atoms with Gasteiger partial charge in [-0.2, -0.15) is 0 Å². The Balaban J connectivity index is 1.98. The maximum absolute atomic E-state index is 4.04. The fraction of sp³-hybridized carbons (Fsp3) is 0.786. The first-order chi connectivity index (χ1) is 8.36. The molecule has 1 N–H and O–H groups in total. The highest BCUT2D eigenvalue weighted by Gasteiger charge is 2.03. The number of imidazole rings is 1. The van der Waals surface area contributed by atoms with Crippen molar-refractivity contribution in [1.29, 1.82) is 0 Å². The van der Waals surface area contributed by atoms with E-state index in [4.69, 9.17) is 0 Å².